The Balaban J connectivity index is 2.00. The molecule has 2 aromatic rings. The first-order valence-electron chi connectivity index (χ1n) is 5.90. The summed E-state index contributed by atoms with van der Waals surface area (Å²) in [5.41, 5.74) is 2.15. The summed E-state index contributed by atoms with van der Waals surface area (Å²) in [6, 6.07) is 5.78. The van der Waals surface area contributed by atoms with Crippen molar-refractivity contribution in [2.24, 2.45) is 0 Å². The Kier molecular flexibility index (Phi) is 4.66. The van der Waals surface area contributed by atoms with Gasteiger partial charge in [0.05, 0.1) is 21.4 Å². The van der Waals surface area contributed by atoms with E-state index in [0.717, 1.165) is 35.2 Å². The number of nitrogens with zero attached hydrogens (tertiary/aromatic N) is 2. The number of nitrogens with one attached hydrogen (secondary N) is 1. The average Bonchev–Trinajstić information content (AvgIpc) is 2.79. The minimum Gasteiger partial charge on any atom is -0.380 e. The highest BCUT2D eigenvalue weighted by molar-refractivity contribution is 9.10. The first-order chi connectivity index (χ1) is 8.70. The van der Waals surface area contributed by atoms with Gasteiger partial charge in [0.2, 0.25) is 0 Å². The predicted molar refractivity (Wildman–Crippen MR) is 79.0 cm³/mol. The Morgan fingerprint density at radius 3 is 3.06 bits per heavy atom. The third-order valence-corrected chi connectivity index (χ3v) is 3.97. The van der Waals surface area contributed by atoms with E-state index in [4.69, 9.17) is 11.6 Å². The molecule has 96 valence electrons. The number of hydrogen-bond donors (Lipinski definition) is 1. The Labute approximate surface area is 120 Å². The predicted octanol–water partition coefficient (Wildman–Crippen LogP) is 4.32. The van der Waals surface area contributed by atoms with Gasteiger partial charge in [0.25, 0.3) is 0 Å². The molecule has 3 nitrogen and oxygen atoms in total. The van der Waals surface area contributed by atoms with Crippen LogP contribution in [0, 0.1) is 0 Å². The van der Waals surface area contributed by atoms with Crippen molar-refractivity contribution in [3.8, 4) is 0 Å². The molecule has 0 radical (unpaired) electrons. The van der Waals surface area contributed by atoms with Crippen molar-refractivity contribution in [1.29, 1.82) is 0 Å². The molecular formula is C13H15BrClN3. The normalized spacial score (nSPS) is 10.6. The van der Waals surface area contributed by atoms with Crippen LogP contribution in [0.5, 0.6) is 0 Å². The van der Waals surface area contributed by atoms with Crippen LogP contribution in [0.25, 0.3) is 0 Å². The van der Waals surface area contributed by atoms with Crippen molar-refractivity contribution < 1.29 is 0 Å². The zero-order valence-corrected chi connectivity index (χ0v) is 12.5. The van der Waals surface area contributed by atoms with Crippen LogP contribution in [0.3, 0.4) is 0 Å². The molecule has 0 aliphatic carbocycles. The molecule has 2 rings (SSSR count). The summed E-state index contributed by atoms with van der Waals surface area (Å²) in [5.74, 6) is 0. The molecule has 0 amide bonds. The molecule has 0 aliphatic heterocycles. The van der Waals surface area contributed by atoms with Crippen LogP contribution in [0.15, 0.2) is 35.1 Å². The molecular weight excluding hydrogens is 314 g/mol. The summed E-state index contributed by atoms with van der Waals surface area (Å²) in [6.07, 6.45) is 5.05. The minimum absolute atomic E-state index is 0.710. The van der Waals surface area contributed by atoms with Crippen LogP contribution in [0.2, 0.25) is 5.02 Å². The lowest BCUT2D eigenvalue weighted by Gasteiger charge is -2.08. The molecule has 0 unspecified atom stereocenters. The first kappa shape index (κ1) is 13.4. The fourth-order valence-corrected chi connectivity index (χ4v) is 2.27. The average molecular weight is 329 g/mol. The standard InChI is InChI=1S/C13H15BrClN3/c1-2-6-18-9-10(8-17-18)7-16-12-5-3-4-11(15)13(12)14/h3-5,8-9,16H,2,6-7H2,1H3. The minimum atomic E-state index is 0.710. The molecule has 0 aliphatic rings. The van der Waals surface area contributed by atoms with Crippen LogP contribution >= 0.6 is 27.5 Å². The molecule has 1 N–H and O–H groups in total. The first-order valence-corrected chi connectivity index (χ1v) is 7.07. The van der Waals surface area contributed by atoms with Crippen LogP contribution in [0.1, 0.15) is 18.9 Å². The quantitative estimate of drug-likeness (QED) is 0.886. The Hall–Kier alpha value is -1.00. The number of halogens is 2. The van der Waals surface area contributed by atoms with Crippen molar-refractivity contribution in [2.45, 2.75) is 26.4 Å². The van der Waals surface area contributed by atoms with Gasteiger partial charge in [-0.15, -0.1) is 0 Å². The summed E-state index contributed by atoms with van der Waals surface area (Å²) in [5, 5.41) is 8.35. The highest BCUT2D eigenvalue weighted by Gasteiger charge is 2.04. The van der Waals surface area contributed by atoms with E-state index in [9.17, 15) is 0 Å². The van der Waals surface area contributed by atoms with Gasteiger partial charge in [-0.05, 0) is 34.5 Å². The van der Waals surface area contributed by atoms with Gasteiger partial charge in [-0.2, -0.15) is 5.10 Å². The summed E-state index contributed by atoms with van der Waals surface area (Å²) < 4.78 is 2.86. The summed E-state index contributed by atoms with van der Waals surface area (Å²) >= 11 is 9.51. The highest BCUT2D eigenvalue weighted by atomic mass is 79.9. The molecule has 0 saturated heterocycles. The molecule has 0 spiro atoms. The second-order valence-corrected chi connectivity index (χ2v) is 5.27. The van der Waals surface area contributed by atoms with E-state index in [1.165, 1.54) is 0 Å². The summed E-state index contributed by atoms with van der Waals surface area (Å²) in [6.45, 7) is 3.84. The lowest BCUT2D eigenvalue weighted by Crippen LogP contribution is -2.00. The van der Waals surface area contributed by atoms with Gasteiger partial charge in [-0.3, -0.25) is 4.68 Å². The maximum absolute atomic E-state index is 6.04. The number of anilines is 1. The third kappa shape index (κ3) is 3.27. The number of aromatic nitrogens is 2. The number of hydrogen-bond acceptors (Lipinski definition) is 2. The number of aryl methyl sites for hydroxylation is 1. The Morgan fingerprint density at radius 1 is 1.44 bits per heavy atom. The van der Waals surface area contributed by atoms with Gasteiger partial charge in [0, 0.05) is 24.8 Å². The molecule has 1 aromatic heterocycles. The zero-order valence-electron chi connectivity index (χ0n) is 10.2. The highest BCUT2D eigenvalue weighted by Crippen LogP contribution is 2.30. The second kappa shape index (κ2) is 6.25. The third-order valence-electron chi connectivity index (χ3n) is 2.57. The van der Waals surface area contributed by atoms with Gasteiger partial charge in [0.15, 0.2) is 0 Å². The van der Waals surface area contributed by atoms with E-state index >= 15 is 0 Å². The van der Waals surface area contributed by atoms with Gasteiger partial charge >= 0.3 is 0 Å². The molecule has 1 heterocycles. The maximum atomic E-state index is 6.04. The van der Waals surface area contributed by atoms with Gasteiger partial charge < -0.3 is 5.32 Å². The lowest BCUT2D eigenvalue weighted by atomic mass is 10.3. The van der Waals surface area contributed by atoms with Crippen LogP contribution < -0.4 is 5.32 Å². The molecule has 0 saturated carbocycles. The van der Waals surface area contributed by atoms with Crippen molar-refractivity contribution in [1.82, 2.24) is 9.78 Å². The van der Waals surface area contributed by atoms with Gasteiger partial charge in [-0.1, -0.05) is 24.6 Å². The Bertz CT molecular complexity index is 525. The molecule has 5 heteroatoms. The molecule has 0 atom stereocenters. The molecule has 1 aromatic carbocycles. The van der Waals surface area contributed by atoms with E-state index in [1.807, 2.05) is 29.1 Å². The smallest absolute Gasteiger partial charge is 0.0593 e. The molecule has 0 fully saturated rings. The largest absolute Gasteiger partial charge is 0.380 e. The second-order valence-electron chi connectivity index (χ2n) is 4.07. The SMILES string of the molecule is CCCn1cc(CNc2cccc(Cl)c2Br)cn1. The maximum Gasteiger partial charge on any atom is 0.0593 e. The van der Waals surface area contributed by atoms with E-state index in [2.05, 4.69) is 39.5 Å². The van der Waals surface area contributed by atoms with E-state index in [1.54, 1.807) is 0 Å². The van der Waals surface area contributed by atoms with Crippen molar-refractivity contribution in [3.05, 3.63) is 45.7 Å². The number of benzene rings is 1. The lowest BCUT2D eigenvalue weighted by molar-refractivity contribution is 0.602. The number of rotatable bonds is 5. The fourth-order valence-electron chi connectivity index (χ4n) is 1.69. The topological polar surface area (TPSA) is 29.9 Å². The Morgan fingerprint density at radius 2 is 2.28 bits per heavy atom. The molecule has 0 bridgehead atoms. The van der Waals surface area contributed by atoms with Crippen molar-refractivity contribution in [3.63, 3.8) is 0 Å². The van der Waals surface area contributed by atoms with Crippen molar-refractivity contribution >= 4 is 33.2 Å². The summed E-state index contributed by atoms with van der Waals surface area (Å²) in [4.78, 5) is 0. The van der Waals surface area contributed by atoms with Gasteiger partial charge in [0.1, 0.15) is 0 Å². The molecule has 18 heavy (non-hydrogen) atoms. The van der Waals surface area contributed by atoms with E-state index in [0.29, 0.717) is 5.02 Å². The summed E-state index contributed by atoms with van der Waals surface area (Å²) in [7, 11) is 0. The van der Waals surface area contributed by atoms with E-state index < -0.39 is 0 Å². The van der Waals surface area contributed by atoms with Crippen molar-refractivity contribution in [2.75, 3.05) is 5.32 Å². The monoisotopic (exact) mass is 327 g/mol. The zero-order chi connectivity index (χ0) is 13.0. The fraction of sp³-hybridized carbons (Fsp3) is 0.308. The van der Waals surface area contributed by atoms with Crippen LogP contribution in [-0.4, -0.2) is 9.78 Å². The van der Waals surface area contributed by atoms with Gasteiger partial charge in [-0.25, -0.2) is 0 Å². The van der Waals surface area contributed by atoms with E-state index in [-0.39, 0.29) is 0 Å². The van der Waals surface area contributed by atoms with Crippen LogP contribution in [0.4, 0.5) is 5.69 Å². The van der Waals surface area contributed by atoms with Crippen LogP contribution in [-0.2, 0) is 13.1 Å².